The van der Waals surface area contributed by atoms with E-state index in [-0.39, 0.29) is 32.0 Å². The third kappa shape index (κ3) is 6.53. The smallest absolute Gasteiger partial charge is 0.260 e. The van der Waals surface area contributed by atoms with Gasteiger partial charge in [-0.3, -0.25) is 9.80 Å². The summed E-state index contributed by atoms with van der Waals surface area (Å²) < 4.78 is 38.2. The molecule has 0 radical (unpaired) electrons. The molecule has 2 aliphatic rings. The van der Waals surface area contributed by atoms with Crippen LogP contribution in [-0.4, -0.2) is 73.4 Å². The maximum absolute atomic E-state index is 13.5. The molecule has 0 amide bonds. The number of piperidine rings is 2. The average molecular weight is 424 g/mol. The summed E-state index contributed by atoms with van der Waals surface area (Å²) >= 11 is 0. The van der Waals surface area contributed by atoms with Gasteiger partial charge in [0.15, 0.2) is 11.5 Å². The molecule has 1 aromatic rings. The van der Waals surface area contributed by atoms with Crippen LogP contribution in [0.3, 0.4) is 0 Å². The standard InChI is InChI=1S/C22H31F2N3O3/c1-29-20-4-3-18(13-26-9-5-17(12-25)6-10-26)11-21(20)30-15-19(28)14-27-8-2-7-22(23,24)16-27/h3-4,11,17,19,28H,2,5-10,13-16H2,1H3. The lowest BCUT2D eigenvalue weighted by Crippen LogP contribution is -2.46. The van der Waals surface area contributed by atoms with E-state index in [2.05, 4.69) is 11.0 Å². The van der Waals surface area contributed by atoms with E-state index in [0.717, 1.165) is 38.0 Å². The first-order valence-electron chi connectivity index (χ1n) is 10.6. The SMILES string of the molecule is COc1ccc(CN2CCC(C#N)CC2)cc1OCC(O)CN1CCCC(F)(F)C1. The number of alkyl halides is 2. The minimum Gasteiger partial charge on any atom is -0.493 e. The van der Waals surface area contributed by atoms with Crippen molar-refractivity contribution in [1.29, 1.82) is 5.26 Å². The van der Waals surface area contributed by atoms with Crippen LogP contribution >= 0.6 is 0 Å². The number of hydrogen-bond acceptors (Lipinski definition) is 6. The number of aliphatic hydroxyl groups excluding tert-OH is 1. The van der Waals surface area contributed by atoms with Crippen LogP contribution in [-0.2, 0) is 6.54 Å². The van der Waals surface area contributed by atoms with Crippen LogP contribution in [0.5, 0.6) is 11.5 Å². The summed E-state index contributed by atoms with van der Waals surface area (Å²) in [5, 5.41) is 19.3. The number of rotatable bonds is 8. The van der Waals surface area contributed by atoms with Crippen LogP contribution in [0.2, 0.25) is 0 Å². The van der Waals surface area contributed by atoms with Crippen LogP contribution in [0, 0.1) is 17.2 Å². The van der Waals surface area contributed by atoms with Crippen molar-refractivity contribution >= 4 is 0 Å². The first kappa shape index (κ1) is 22.7. The molecular weight excluding hydrogens is 392 g/mol. The van der Waals surface area contributed by atoms with Gasteiger partial charge in [0.2, 0.25) is 0 Å². The van der Waals surface area contributed by atoms with Crippen molar-refractivity contribution in [2.24, 2.45) is 5.92 Å². The summed E-state index contributed by atoms with van der Waals surface area (Å²) in [7, 11) is 1.56. The summed E-state index contributed by atoms with van der Waals surface area (Å²) in [4.78, 5) is 3.90. The van der Waals surface area contributed by atoms with Gasteiger partial charge in [-0.1, -0.05) is 6.07 Å². The summed E-state index contributed by atoms with van der Waals surface area (Å²) in [6, 6.07) is 8.06. The van der Waals surface area contributed by atoms with Gasteiger partial charge in [0.1, 0.15) is 12.7 Å². The summed E-state index contributed by atoms with van der Waals surface area (Å²) in [5.41, 5.74) is 1.06. The van der Waals surface area contributed by atoms with E-state index in [1.54, 1.807) is 12.0 Å². The molecule has 0 aromatic heterocycles. The lowest BCUT2D eigenvalue weighted by Gasteiger charge is -2.33. The molecule has 0 aliphatic carbocycles. The van der Waals surface area contributed by atoms with Gasteiger partial charge < -0.3 is 14.6 Å². The van der Waals surface area contributed by atoms with Gasteiger partial charge in [-0.25, -0.2) is 8.78 Å². The number of benzene rings is 1. The second-order valence-electron chi connectivity index (χ2n) is 8.32. The molecule has 1 aromatic carbocycles. The second-order valence-corrected chi connectivity index (χ2v) is 8.32. The Bertz CT molecular complexity index is 733. The van der Waals surface area contributed by atoms with Crippen LogP contribution in [0.25, 0.3) is 0 Å². The molecule has 0 saturated carbocycles. The van der Waals surface area contributed by atoms with Gasteiger partial charge in [0, 0.05) is 25.4 Å². The molecule has 1 atom stereocenters. The fourth-order valence-corrected chi connectivity index (χ4v) is 4.15. The van der Waals surface area contributed by atoms with E-state index in [1.807, 2.05) is 18.2 Å². The van der Waals surface area contributed by atoms with Crippen molar-refractivity contribution in [1.82, 2.24) is 9.80 Å². The molecule has 1 unspecified atom stereocenters. The molecule has 1 N–H and O–H groups in total. The highest BCUT2D eigenvalue weighted by atomic mass is 19.3. The Kier molecular flexibility index (Phi) is 7.87. The normalized spacial score (nSPS) is 21.7. The van der Waals surface area contributed by atoms with Gasteiger partial charge in [0.25, 0.3) is 5.92 Å². The van der Waals surface area contributed by atoms with E-state index in [1.165, 1.54) is 0 Å². The molecule has 0 bridgehead atoms. The molecule has 2 aliphatic heterocycles. The molecular formula is C22H31F2N3O3. The highest BCUT2D eigenvalue weighted by molar-refractivity contribution is 5.43. The fraction of sp³-hybridized carbons (Fsp3) is 0.682. The average Bonchev–Trinajstić information content (AvgIpc) is 2.72. The number of hydrogen-bond donors (Lipinski definition) is 1. The van der Waals surface area contributed by atoms with Gasteiger partial charge >= 0.3 is 0 Å². The number of aliphatic hydroxyl groups is 1. The Labute approximate surface area is 177 Å². The maximum atomic E-state index is 13.5. The van der Waals surface area contributed by atoms with E-state index in [4.69, 9.17) is 14.7 Å². The van der Waals surface area contributed by atoms with Crippen molar-refractivity contribution in [2.45, 2.75) is 44.3 Å². The van der Waals surface area contributed by atoms with Gasteiger partial charge in [-0.2, -0.15) is 5.26 Å². The maximum Gasteiger partial charge on any atom is 0.260 e. The predicted molar refractivity (Wildman–Crippen MR) is 109 cm³/mol. The van der Waals surface area contributed by atoms with Gasteiger partial charge in [-0.15, -0.1) is 0 Å². The van der Waals surface area contributed by atoms with E-state index in [9.17, 15) is 13.9 Å². The molecule has 30 heavy (non-hydrogen) atoms. The minimum atomic E-state index is -2.68. The zero-order chi connectivity index (χ0) is 21.6. The largest absolute Gasteiger partial charge is 0.493 e. The molecule has 2 fully saturated rings. The van der Waals surface area contributed by atoms with E-state index < -0.39 is 12.0 Å². The molecule has 166 valence electrons. The monoisotopic (exact) mass is 423 g/mol. The second kappa shape index (κ2) is 10.4. The molecule has 3 rings (SSSR count). The van der Waals surface area contributed by atoms with E-state index in [0.29, 0.717) is 24.5 Å². The molecule has 6 nitrogen and oxygen atoms in total. The van der Waals surface area contributed by atoms with E-state index >= 15 is 0 Å². The quantitative estimate of drug-likeness (QED) is 0.694. The molecule has 8 heteroatoms. The highest BCUT2D eigenvalue weighted by Crippen LogP contribution is 2.30. The third-order valence-electron chi connectivity index (χ3n) is 5.78. The van der Waals surface area contributed by atoms with Gasteiger partial charge in [0.05, 0.1) is 19.7 Å². The number of methoxy groups -OCH3 is 1. The number of nitrogens with zero attached hydrogens (tertiary/aromatic N) is 3. The Morgan fingerprint density at radius 1 is 1.23 bits per heavy atom. The predicted octanol–water partition coefficient (Wildman–Crippen LogP) is 2.90. The van der Waals surface area contributed by atoms with Crippen molar-refractivity contribution < 1.29 is 23.4 Å². The number of ether oxygens (including phenoxy) is 2. The Morgan fingerprint density at radius 2 is 2.00 bits per heavy atom. The van der Waals surface area contributed by atoms with Crippen molar-refractivity contribution in [3.05, 3.63) is 23.8 Å². The lowest BCUT2D eigenvalue weighted by atomic mass is 9.98. The number of likely N-dealkylation sites (tertiary alicyclic amines) is 2. The Balaban J connectivity index is 1.53. The van der Waals surface area contributed by atoms with Gasteiger partial charge in [-0.05, 0) is 56.6 Å². The van der Waals surface area contributed by atoms with Crippen LogP contribution in [0.1, 0.15) is 31.2 Å². The van der Waals surface area contributed by atoms with Crippen molar-refractivity contribution in [2.75, 3.05) is 46.4 Å². The summed E-state index contributed by atoms with van der Waals surface area (Å²) in [6.45, 7) is 2.95. The Morgan fingerprint density at radius 3 is 2.67 bits per heavy atom. The summed E-state index contributed by atoms with van der Waals surface area (Å²) in [6.07, 6.45) is 1.25. The van der Waals surface area contributed by atoms with Crippen LogP contribution in [0.15, 0.2) is 18.2 Å². The van der Waals surface area contributed by atoms with Crippen LogP contribution in [0.4, 0.5) is 8.78 Å². The highest BCUT2D eigenvalue weighted by Gasteiger charge is 2.35. The topological polar surface area (TPSA) is 69.0 Å². The number of nitriles is 1. The van der Waals surface area contributed by atoms with Crippen molar-refractivity contribution in [3.63, 3.8) is 0 Å². The zero-order valence-corrected chi connectivity index (χ0v) is 17.5. The van der Waals surface area contributed by atoms with Crippen molar-refractivity contribution in [3.8, 4) is 17.6 Å². The molecule has 0 spiro atoms. The molecule has 2 heterocycles. The minimum absolute atomic E-state index is 0.00937. The zero-order valence-electron chi connectivity index (χ0n) is 17.5. The van der Waals surface area contributed by atoms with Crippen LogP contribution < -0.4 is 9.47 Å². The lowest BCUT2D eigenvalue weighted by molar-refractivity contribution is -0.0737. The number of halogens is 2. The first-order chi connectivity index (χ1) is 14.4. The summed E-state index contributed by atoms with van der Waals surface area (Å²) in [5.74, 6) is -1.43. The molecule has 2 saturated heterocycles. The fourth-order valence-electron chi connectivity index (χ4n) is 4.15. The number of β-amino-alcohol motifs (C(OH)–C–C–N with tert-alkyl or cyclic N) is 1. The third-order valence-corrected chi connectivity index (χ3v) is 5.78. The first-order valence-corrected chi connectivity index (χ1v) is 10.6. The Hall–Kier alpha value is -1.95.